The minimum absolute atomic E-state index is 0.445. The largest absolute Gasteiger partial charge is 0.372 e. The maximum absolute atomic E-state index is 4.98. The summed E-state index contributed by atoms with van der Waals surface area (Å²) in [6.07, 6.45) is 0. The van der Waals surface area contributed by atoms with Crippen LogP contribution >= 0.6 is 0 Å². The molecule has 2 heteroatoms. The van der Waals surface area contributed by atoms with Crippen molar-refractivity contribution in [3.63, 3.8) is 0 Å². The number of H-pyrrole nitrogens is 1. The Labute approximate surface area is 118 Å². The van der Waals surface area contributed by atoms with E-state index in [1.165, 1.54) is 5.39 Å². The van der Waals surface area contributed by atoms with E-state index in [-0.39, 0.29) is 0 Å². The molecular weight excluding hydrogens is 246 g/mol. The highest BCUT2D eigenvalue weighted by molar-refractivity contribution is 5.86. The molecule has 0 bridgehead atoms. The molecule has 0 unspecified atom stereocenters. The number of rotatable bonds is 2. The Morgan fingerprint density at radius 2 is 1.85 bits per heavy atom. The number of para-hydroxylation sites is 1. The van der Waals surface area contributed by atoms with Crippen molar-refractivity contribution in [2.45, 2.75) is 0 Å². The summed E-state index contributed by atoms with van der Waals surface area (Å²) in [6, 6.07) is 18.6. The van der Waals surface area contributed by atoms with E-state index in [1.54, 1.807) is 7.11 Å². The summed E-state index contributed by atoms with van der Waals surface area (Å²) in [6.45, 7) is 0.445. The van der Waals surface area contributed by atoms with Crippen LogP contribution < -0.4 is 0 Å². The number of fused-ring (bicyclic) bond motifs is 1. The quantitative estimate of drug-likeness (QED) is 0.697. The molecule has 0 aliphatic heterocycles. The van der Waals surface area contributed by atoms with Gasteiger partial charge in [-0.3, -0.25) is 0 Å². The second-order valence-corrected chi connectivity index (χ2v) is 4.55. The van der Waals surface area contributed by atoms with Gasteiger partial charge in [0.2, 0.25) is 0 Å². The first-order valence-corrected chi connectivity index (χ1v) is 6.53. The van der Waals surface area contributed by atoms with E-state index in [0.29, 0.717) is 6.61 Å². The molecule has 0 spiro atoms. The highest BCUT2D eigenvalue weighted by Gasteiger charge is 2.06. The highest BCUT2D eigenvalue weighted by Crippen LogP contribution is 2.26. The van der Waals surface area contributed by atoms with E-state index in [2.05, 4.69) is 41.1 Å². The van der Waals surface area contributed by atoms with Crippen LogP contribution in [0, 0.1) is 11.8 Å². The number of ether oxygens (including phenoxy) is 1. The molecule has 0 atom stereocenters. The number of aromatic nitrogens is 1. The molecular formula is C18H15NO. The first-order valence-electron chi connectivity index (χ1n) is 6.53. The first-order chi connectivity index (χ1) is 9.88. The summed E-state index contributed by atoms with van der Waals surface area (Å²) >= 11 is 0. The lowest BCUT2D eigenvalue weighted by Crippen LogP contribution is -1.86. The van der Waals surface area contributed by atoms with Gasteiger partial charge < -0.3 is 9.72 Å². The summed E-state index contributed by atoms with van der Waals surface area (Å²) in [5, 5.41) is 1.21. The minimum Gasteiger partial charge on any atom is -0.372 e. The predicted octanol–water partition coefficient (Wildman–Crippen LogP) is 3.83. The van der Waals surface area contributed by atoms with Gasteiger partial charge in [0.1, 0.15) is 6.61 Å². The molecule has 0 radical (unpaired) electrons. The fourth-order valence-corrected chi connectivity index (χ4v) is 2.25. The van der Waals surface area contributed by atoms with Crippen LogP contribution in [0.2, 0.25) is 0 Å². The van der Waals surface area contributed by atoms with Crippen molar-refractivity contribution in [3.05, 3.63) is 60.2 Å². The molecule has 2 aromatic carbocycles. The average Bonchev–Trinajstić information content (AvgIpc) is 2.92. The Bertz CT molecular complexity index is 757. The molecule has 0 amide bonds. The van der Waals surface area contributed by atoms with Gasteiger partial charge in [-0.05, 0) is 18.2 Å². The van der Waals surface area contributed by atoms with Crippen molar-refractivity contribution in [1.29, 1.82) is 0 Å². The third-order valence-corrected chi connectivity index (χ3v) is 3.19. The van der Waals surface area contributed by atoms with E-state index < -0.39 is 0 Å². The summed E-state index contributed by atoms with van der Waals surface area (Å²) in [5.74, 6) is 6.17. The fourth-order valence-electron chi connectivity index (χ4n) is 2.25. The lowest BCUT2D eigenvalue weighted by Gasteiger charge is -2.01. The monoisotopic (exact) mass is 261 g/mol. The van der Waals surface area contributed by atoms with Crippen molar-refractivity contribution < 1.29 is 4.74 Å². The van der Waals surface area contributed by atoms with Crippen molar-refractivity contribution in [2.24, 2.45) is 0 Å². The molecule has 20 heavy (non-hydrogen) atoms. The number of hydrogen-bond acceptors (Lipinski definition) is 1. The topological polar surface area (TPSA) is 25.0 Å². The number of aromatic amines is 1. The highest BCUT2D eigenvalue weighted by atomic mass is 16.5. The molecule has 2 nitrogen and oxygen atoms in total. The van der Waals surface area contributed by atoms with Gasteiger partial charge in [-0.15, -0.1) is 0 Å². The van der Waals surface area contributed by atoms with E-state index in [9.17, 15) is 0 Å². The second-order valence-electron chi connectivity index (χ2n) is 4.55. The van der Waals surface area contributed by atoms with Crippen LogP contribution in [0.5, 0.6) is 0 Å². The molecule has 3 rings (SSSR count). The smallest absolute Gasteiger partial charge is 0.107 e. The first kappa shape index (κ1) is 12.5. The maximum Gasteiger partial charge on any atom is 0.107 e. The van der Waals surface area contributed by atoms with Gasteiger partial charge >= 0.3 is 0 Å². The Hall–Kier alpha value is -2.50. The number of methoxy groups -OCH3 is 1. The zero-order valence-corrected chi connectivity index (χ0v) is 11.3. The van der Waals surface area contributed by atoms with Gasteiger partial charge in [-0.25, -0.2) is 0 Å². The molecule has 0 fully saturated rings. The Morgan fingerprint density at radius 3 is 2.70 bits per heavy atom. The molecule has 0 aliphatic rings. The number of benzene rings is 2. The molecule has 1 N–H and O–H groups in total. The molecule has 0 saturated heterocycles. The lowest BCUT2D eigenvalue weighted by atomic mass is 10.0. The molecule has 98 valence electrons. The van der Waals surface area contributed by atoms with Crippen molar-refractivity contribution in [2.75, 3.05) is 13.7 Å². The molecule has 3 aromatic rings. The number of nitrogens with one attached hydrogen (secondary N) is 1. The summed E-state index contributed by atoms with van der Waals surface area (Å²) in [7, 11) is 1.65. The van der Waals surface area contributed by atoms with Crippen molar-refractivity contribution in [1.82, 2.24) is 4.98 Å². The summed E-state index contributed by atoms with van der Waals surface area (Å²) in [4.78, 5) is 3.44. The van der Waals surface area contributed by atoms with Gasteiger partial charge in [0.05, 0.1) is 0 Å². The van der Waals surface area contributed by atoms with Gasteiger partial charge in [-0.1, -0.05) is 48.2 Å². The molecule has 1 heterocycles. The van der Waals surface area contributed by atoms with Crippen molar-refractivity contribution >= 4 is 10.9 Å². The molecule has 0 saturated carbocycles. The zero-order valence-electron chi connectivity index (χ0n) is 11.3. The number of hydrogen-bond donors (Lipinski definition) is 1. The third kappa shape index (κ3) is 2.45. The average molecular weight is 261 g/mol. The molecule has 1 aromatic heterocycles. The van der Waals surface area contributed by atoms with Crippen LogP contribution in [0.15, 0.2) is 54.6 Å². The van der Waals surface area contributed by atoms with Gasteiger partial charge in [0.25, 0.3) is 0 Å². The van der Waals surface area contributed by atoms with Crippen LogP contribution in [0.1, 0.15) is 5.56 Å². The fraction of sp³-hybridized carbons (Fsp3) is 0.111. The van der Waals surface area contributed by atoms with Crippen LogP contribution in [0.25, 0.3) is 22.2 Å². The maximum atomic E-state index is 4.98. The predicted molar refractivity (Wildman–Crippen MR) is 82.5 cm³/mol. The summed E-state index contributed by atoms with van der Waals surface area (Å²) < 4.78 is 4.98. The second kappa shape index (κ2) is 5.64. The van der Waals surface area contributed by atoms with E-state index in [0.717, 1.165) is 22.3 Å². The van der Waals surface area contributed by atoms with Gasteiger partial charge in [0.15, 0.2) is 0 Å². The van der Waals surface area contributed by atoms with Gasteiger partial charge in [-0.2, -0.15) is 0 Å². The third-order valence-electron chi connectivity index (χ3n) is 3.19. The van der Waals surface area contributed by atoms with Crippen LogP contribution in [-0.4, -0.2) is 18.7 Å². The van der Waals surface area contributed by atoms with Crippen LogP contribution in [0.4, 0.5) is 0 Å². The SMILES string of the molecule is COCC#Cc1ccccc1-c1cc2ccccc2[nH]1. The zero-order chi connectivity index (χ0) is 13.8. The molecule has 0 aliphatic carbocycles. The normalized spacial score (nSPS) is 10.2. The van der Waals surface area contributed by atoms with Crippen LogP contribution in [-0.2, 0) is 4.74 Å². The van der Waals surface area contributed by atoms with Crippen LogP contribution in [0.3, 0.4) is 0 Å². The Balaban J connectivity index is 2.07. The Kier molecular flexibility index (Phi) is 3.54. The standard InChI is InChI=1S/C18H15NO/c1-20-12-6-9-14-7-2-4-10-16(14)18-13-15-8-3-5-11-17(15)19-18/h2-5,7-8,10-11,13,19H,12H2,1H3. The van der Waals surface area contributed by atoms with E-state index >= 15 is 0 Å². The van der Waals surface area contributed by atoms with Crippen molar-refractivity contribution in [3.8, 4) is 23.1 Å². The Morgan fingerprint density at radius 1 is 1.05 bits per heavy atom. The van der Waals surface area contributed by atoms with E-state index in [1.807, 2.05) is 30.3 Å². The lowest BCUT2D eigenvalue weighted by molar-refractivity contribution is 0.240. The summed E-state index contributed by atoms with van der Waals surface area (Å²) in [5.41, 5.74) is 4.36. The van der Waals surface area contributed by atoms with Gasteiger partial charge in [0, 0.05) is 34.8 Å². The minimum atomic E-state index is 0.445. The van der Waals surface area contributed by atoms with E-state index in [4.69, 9.17) is 4.74 Å².